The lowest BCUT2D eigenvalue weighted by molar-refractivity contribution is -0.0116. The smallest absolute Gasteiger partial charge is 0.322 e. The average Bonchev–Trinajstić information content (AvgIpc) is 3.10. The molecule has 0 spiro atoms. The molecule has 7 heteroatoms. The normalized spacial score (nSPS) is 18.0. The molecule has 2 amide bonds. The van der Waals surface area contributed by atoms with Crippen LogP contribution in [-0.2, 0) is 11.8 Å². The molecule has 6 nitrogen and oxygen atoms in total. The van der Waals surface area contributed by atoms with Crippen molar-refractivity contribution >= 4 is 23.1 Å². The van der Waals surface area contributed by atoms with Crippen LogP contribution >= 0.6 is 11.3 Å². The van der Waals surface area contributed by atoms with Gasteiger partial charge in [0.15, 0.2) is 0 Å². The van der Waals surface area contributed by atoms with Gasteiger partial charge in [-0.25, -0.2) is 4.79 Å². The molecule has 1 aliphatic rings. The zero-order valence-corrected chi connectivity index (χ0v) is 13.9. The van der Waals surface area contributed by atoms with Crippen molar-refractivity contribution in [1.82, 2.24) is 9.47 Å². The Morgan fingerprint density at radius 3 is 3.00 bits per heavy atom. The van der Waals surface area contributed by atoms with Gasteiger partial charge in [-0.1, -0.05) is 6.07 Å². The zero-order valence-electron chi connectivity index (χ0n) is 13.1. The summed E-state index contributed by atoms with van der Waals surface area (Å²) < 4.78 is 7.20. The van der Waals surface area contributed by atoms with Crippen LogP contribution in [0.15, 0.2) is 34.6 Å². The Kier molecular flexibility index (Phi) is 4.49. The molecule has 2 aromatic rings. The quantitative estimate of drug-likeness (QED) is 0.918. The lowest BCUT2D eigenvalue weighted by atomic mass is 10.2. The first-order valence-electron chi connectivity index (χ1n) is 7.43. The third-order valence-electron chi connectivity index (χ3n) is 3.92. The molecule has 0 radical (unpaired) electrons. The van der Waals surface area contributed by atoms with E-state index < -0.39 is 0 Å². The molecular weight excluding hydrogens is 314 g/mol. The molecule has 3 rings (SSSR count). The second-order valence-corrected chi connectivity index (χ2v) is 6.52. The number of urea groups is 1. The fourth-order valence-electron chi connectivity index (χ4n) is 2.54. The predicted octanol–water partition coefficient (Wildman–Crippen LogP) is 2.36. The molecule has 0 aromatic carbocycles. The number of thiophene rings is 1. The molecule has 1 fully saturated rings. The number of ether oxygens (including phenoxy) is 1. The number of carbonyl (C=O) groups excluding carboxylic acids is 1. The Morgan fingerprint density at radius 2 is 2.26 bits per heavy atom. The Bertz CT molecular complexity index is 754. The Hall–Kier alpha value is -2.12. The van der Waals surface area contributed by atoms with Crippen molar-refractivity contribution in [3.05, 3.63) is 50.6 Å². The summed E-state index contributed by atoms with van der Waals surface area (Å²) in [4.78, 5) is 27.5. The predicted molar refractivity (Wildman–Crippen MR) is 90.0 cm³/mol. The van der Waals surface area contributed by atoms with Gasteiger partial charge in [0.05, 0.1) is 13.2 Å². The highest BCUT2D eigenvalue weighted by molar-refractivity contribution is 7.10. The van der Waals surface area contributed by atoms with E-state index in [1.54, 1.807) is 29.5 Å². The van der Waals surface area contributed by atoms with E-state index in [0.29, 0.717) is 25.4 Å². The van der Waals surface area contributed by atoms with Gasteiger partial charge >= 0.3 is 6.03 Å². The molecule has 1 saturated heterocycles. The molecule has 122 valence electrons. The first-order chi connectivity index (χ1) is 11.1. The first-order valence-corrected chi connectivity index (χ1v) is 8.31. The van der Waals surface area contributed by atoms with Crippen LogP contribution in [0.5, 0.6) is 0 Å². The summed E-state index contributed by atoms with van der Waals surface area (Å²) in [5, 5.41) is 4.75. The molecule has 0 aliphatic carbocycles. The summed E-state index contributed by atoms with van der Waals surface area (Å²) in [6.45, 7) is 3.30. The van der Waals surface area contributed by atoms with Gasteiger partial charge in [-0.3, -0.25) is 4.79 Å². The molecule has 2 aromatic heterocycles. The fraction of sp³-hybridized carbons (Fsp3) is 0.375. The summed E-state index contributed by atoms with van der Waals surface area (Å²) in [6, 6.07) is 5.53. The molecule has 1 aliphatic heterocycles. The zero-order chi connectivity index (χ0) is 16.4. The van der Waals surface area contributed by atoms with Gasteiger partial charge in [0, 0.05) is 24.7 Å². The van der Waals surface area contributed by atoms with E-state index in [2.05, 4.69) is 5.32 Å². The SMILES string of the molecule is Cc1ccn(C)c(=O)c1NC(=O)N1CCO[C@H](c2cccs2)C1. The molecule has 0 saturated carbocycles. The Morgan fingerprint density at radius 1 is 1.43 bits per heavy atom. The molecule has 3 heterocycles. The maximum atomic E-state index is 12.5. The van der Waals surface area contributed by atoms with E-state index in [1.165, 1.54) is 4.57 Å². The van der Waals surface area contributed by atoms with Gasteiger partial charge in [-0.2, -0.15) is 0 Å². The van der Waals surface area contributed by atoms with Crippen molar-refractivity contribution in [3.63, 3.8) is 0 Å². The van der Waals surface area contributed by atoms with E-state index in [-0.39, 0.29) is 17.7 Å². The van der Waals surface area contributed by atoms with Crippen LogP contribution in [0.1, 0.15) is 16.5 Å². The van der Waals surface area contributed by atoms with E-state index in [0.717, 1.165) is 10.4 Å². The maximum Gasteiger partial charge on any atom is 0.322 e. The van der Waals surface area contributed by atoms with Crippen molar-refractivity contribution in [2.24, 2.45) is 7.05 Å². The first kappa shape index (κ1) is 15.8. The van der Waals surface area contributed by atoms with E-state index in [9.17, 15) is 9.59 Å². The highest BCUT2D eigenvalue weighted by atomic mass is 32.1. The summed E-state index contributed by atoms with van der Waals surface area (Å²) in [6.07, 6.45) is 1.59. The largest absolute Gasteiger partial charge is 0.369 e. The number of aromatic nitrogens is 1. The van der Waals surface area contributed by atoms with Crippen LogP contribution in [0.4, 0.5) is 10.5 Å². The van der Waals surface area contributed by atoms with Crippen molar-refractivity contribution in [1.29, 1.82) is 0 Å². The van der Waals surface area contributed by atoms with Crippen molar-refractivity contribution in [2.45, 2.75) is 13.0 Å². The molecule has 23 heavy (non-hydrogen) atoms. The lowest BCUT2D eigenvalue weighted by Crippen LogP contribution is -2.45. The molecule has 1 N–H and O–H groups in total. The van der Waals surface area contributed by atoms with Crippen molar-refractivity contribution < 1.29 is 9.53 Å². The second-order valence-electron chi connectivity index (χ2n) is 5.54. The number of morpholine rings is 1. The van der Waals surface area contributed by atoms with E-state index in [4.69, 9.17) is 4.74 Å². The topological polar surface area (TPSA) is 63.6 Å². The summed E-state index contributed by atoms with van der Waals surface area (Å²) in [5.74, 6) is 0. The number of amides is 2. The number of carbonyl (C=O) groups is 1. The summed E-state index contributed by atoms with van der Waals surface area (Å²) >= 11 is 1.62. The number of pyridine rings is 1. The van der Waals surface area contributed by atoms with Gasteiger partial charge in [0.1, 0.15) is 11.8 Å². The van der Waals surface area contributed by atoms with Gasteiger partial charge in [0.25, 0.3) is 5.56 Å². The van der Waals surface area contributed by atoms with Crippen LogP contribution in [0, 0.1) is 6.92 Å². The van der Waals surface area contributed by atoms with Crippen molar-refractivity contribution in [2.75, 3.05) is 25.0 Å². The average molecular weight is 333 g/mol. The molecule has 0 bridgehead atoms. The van der Waals surface area contributed by atoms with Gasteiger partial charge in [0.2, 0.25) is 0 Å². The number of nitrogens with one attached hydrogen (secondary N) is 1. The number of aryl methyl sites for hydroxylation is 2. The van der Waals surface area contributed by atoms with Gasteiger partial charge in [-0.15, -0.1) is 11.3 Å². The Balaban J connectivity index is 1.74. The third-order valence-corrected chi connectivity index (χ3v) is 4.89. The van der Waals surface area contributed by atoms with Crippen LogP contribution in [0.3, 0.4) is 0 Å². The minimum atomic E-state index is -0.263. The van der Waals surface area contributed by atoms with Gasteiger partial charge in [-0.05, 0) is 30.0 Å². The molecular formula is C16H19N3O3S. The minimum absolute atomic E-state index is 0.103. The van der Waals surface area contributed by atoms with E-state index in [1.807, 2.05) is 30.5 Å². The Labute approximate surface area is 138 Å². The standard InChI is InChI=1S/C16H19N3O3S/c1-11-5-6-18(2)15(20)14(11)17-16(21)19-7-8-22-12(10-19)13-4-3-9-23-13/h3-6,9,12H,7-8,10H2,1-2H3,(H,17,21)/t12-/m0/s1. The highest BCUT2D eigenvalue weighted by Crippen LogP contribution is 2.26. The highest BCUT2D eigenvalue weighted by Gasteiger charge is 2.26. The lowest BCUT2D eigenvalue weighted by Gasteiger charge is -2.32. The number of nitrogens with zero attached hydrogens (tertiary/aromatic N) is 2. The second kappa shape index (κ2) is 6.55. The van der Waals surface area contributed by atoms with E-state index >= 15 is 0 Å². The molecule has 0 unspecified atom stereocenters. The van der Waals surface area contributed by atoms with Crippen LogP contribution in [-0.4, -0.2) is 35.2 Å². The molecule has 1 atom stereocenters. The minimum Gasteiger partial charge on any atom is -0.369 e. The van der Waals surface area contributed by atoms with Crippen LogP contribution < -0.4 is 10.9 Å². The fourth-order valence-corrected chi connectivity index (χ4v) is 3.30. The number of hydrogen-bond donors (Lipinski definition) is 1. The number of anilines is 1. The van der Waals surface area contributed by atoms with Crippen molar-refractivity contribution in [3.8, 4) is 0 Å². The monoisotopic (exact) mass is 333 g/mol. The number of rotatable bonds is 2. The third kappa shape index (κ3) is 3.30. The van der Waals surface area contributed by atoms with Gasteiger partial charge < -0.3 is 19.5 Å². The summed E-state index contributed by atoms with van der Waals surface area (Å²) in [5.41, 5.74) is 0.880. The van der Waals surface area contributed by atoms with Crippen LogP contribution in [0.2, 0.25) is 0 Å². The van der Waals surface area contributed by atoms with Crippen LogP contribution in [0.25, 0.3) is 0 Å². The number of hydrogen-bond acceptors (Lipinski definition) is 4. The maximum absolute atomic E-state index is 12.5. The summed E-state index contributed by atoms with van der Waals surface area (Å²) in [7, 11) is 1.67.